The molecule has 0 saturated carbocycles. The first-order valence-corrected chi connectivity index (χ1v) is 6.41. The fourth-order valence-corrected chi connectivity index (χ4v) is 1.59. The van der Waals surface area contributed by atoms with E-state index in [4.69, 9.17) is 10.5 Å². The van der Waals surface area contributed by atoms with E-state index in [2.05, 4.69) is 21.6 Å². The van der Waals surface area contributed by atoms with Crippen LogP contribution in [0, 0.1) is 0 Å². The van der Waals surface area contributed by atoms with Crippen molar-refractivity contribution in [2.45, 2.75) is 13.5 Å². The summed E-state index contributed by atoms with van der Waals surface area (Å²) in [5, 5.41) is 2.94. The minimum Gasteiger partial charge on any atom is -0.496 e. The lowest BCUT2D eigenvalue weighted by molar-refractivity contribution is 0.0597. The standard InChI is InChI=1S/C15H21N3O3/c1-10(2)8-17-15(16)18-9-11-5-6-12(14(19)21-4)13(7-11)20-3/h5-7H,1,8-9H2,2-4H3,(H3,16,17,18). The number of nitrogens with zero attached hydrogens (tertiary/aromatic N) is 1. The molecular weight excluding hydrogens is 270 g/mol. The third kappa shape index (κ3) is 5.18. The molecule has 6 nitrogen and oxygen atoms in total. The van der Waals surface area contributed by atoms with E-state index in [9.17, 15) is 4.79 Å². The first-order valence-electron chi connectivity index (χ1n) is 6.41. The SMILES string of the molecule is C=C(C)CNC(N)=NCc1ccc(C(=O)OC)c(OC)c1. The van der Waals surface area contributed by atoms with Crippen LogP contribution in [0.3, 0.4) is 0 Å². The second-order valence-electron chi connectivity index (χ2n) is 4.54. The number of methoxy groups -OCH3 is 2. The number of rotatable bonds is 6. The van der Waals surface area contributed by atoms with Crippen molar-refractivity contribution < 1.29 is 14.3 Å². The minimum atomic E-state index is -0.440. The van der Waals surface area contributed by atoms with Crippen molar-refractivity contribution in [3.05, 3.63) is 41.5 Å². The Balaban J connectivity index is 2.79. The fraction of sp³-hybridized carbons (Fsp3) is 0.333. The number of hydrogen-bond acceptors (Lipinski definition) is 4. The lowest BCUT2D eigenvalue weighted by Gasteiger charge is -2.09. The molecule has 0 aromatic heterocycles. The summed E-state index contributed by atoms with van der Waals surface area (Å²) in [6, 6.07) is 5.17. The molecule has 6 heteroatoms. The third-order valence-corrected chi connectivity index (χ3v) is 2.67. The maximum atomic E-state index is 11.6. The first-order chi connectivity index (χ1) is 9.97. The summed E-state index contributed by atoms with van der Waals surface area (Å²) in [4.78, 5) is 15.8. The number of esters is 1. The van der Waals surface area contributed by atoms with Gasteiger partial charge in [-0.15, -0.1) is 0 Å². The van der Waals surface area contributed by atoms with Gasteiger partial charge in [-0.1, -0.05) is 18.2 Å². The number of benzene rings is 1. The molecule has 0 aliphatic rings. The van der Waals surface area contributed by atoms with Crippen LogP contribution in [0.2, 0.25) is 0 Å². The highest BCUT2D eigenvalue weighted by atomic mass is 16.5. The molecule has 1 aromatic carbocycles. The molecule has 0 fully saturated rings. The van der Waals surface area contributed by atoms with Gasteiger partial charge in [0.1, 0.15) is 11.3 Å². The molecule has 0 aliphatic carbocycles. The van der Waals surface area contributed by atoms with Gasteiger partial charge in [-0.2, -0.15) is 0 Å². The lowest BCUT2D eigenvalue weighted by Crippen LogP contribution is -2.32. The molecule has 0 atom stereocenters. The van der Waals surface area contributed by atoms with Gasteiger partial charge in [-0.25, -0.2) is 9.79 Å². The zero-order valence-electron chi connectivity index (χ0n) is 12.6. The van der Waals surface area contributed by atoms with Gasteiger partial charge < -0.3 is 20.5 Å². The highest BCUT2D eigenvalue weighted by Crippen LogP contribution is 2.21. The second kappa shape index (κ2) is 7.94. The van der Waals surface area contributed by atoms with Gasteiger partial charge in [0.15, 0.2) is 5.96 Å². The van der Waals surface area contributed by atoms with Gasteiger partial charge >= 0.3 is 5.97 Å². The summed E-state index contributed by atoms with van der Waals surface area (Å²) in [5.74, 6) is 0.349. The van der Waals surface area contributed by atoms with Crippen molar-refractivity contribution >= 4 is 11.9 Å². The molecule has 0 heterocycles. The molecule has 21 heavy (non-hydrogen) atoms. The van der Waals surface area contributed by atoms with Crippen molar-refractivity contribution in [3.8, 4) is 5.75 Å². The van der Waals surface area contributed by atoms with E-state index in [1.165, 1.54) is 14.2 Å². The van der Waals surface area contributed by atoms with Crippen molar-refractivity contribution in [2.75, 3.05) is 20.8 Å². The smallest absolute Gasteiger partial charge is 0.341 e. The Morgan fingerprint density at radius 2 is 2.14 bits per heavy atom. The summed E-state index contributed by atoms with van der Waals surface area (Å²) in [6.45, 7) is 6.63. The molecule has 114 valence electrons. The Morgan fingerprint density at radius 3 is 2.71 bits per heavy atom. The summed E-state index contributed by atoms with van der Waals surface area (Å²) >= 11 is 0. The lowest BCUT2D eigenvalue weighted by atomic mass is 10.1. The highest BCUT2D eigenvalue weighted by molar-refractivity contribution is 5.92. The van der Waals surface area contributed by atoms with Crippen LogP contribution in [-0.2, 0) is 11.3 Å². The average Bonchev–Trinajstić information content (AvgIpc) is 2.49. The molecule has 1 aromatic rings. The first kappa shape index (κ1) is 16.6. The predicted octanol–water partition coefficient (Wildman–Crippen LogP) is 1.46. The van der Waals surface area contributed by atoms with E-state index in [-0.39, 0.29) is 0 Å². The van der Waals surface area contributed by atoms with Crippen LogP contribution in [0.1, 0.15) is 22.8 Å². The molecule has 0 aliphatic heterocycles. The van der Waals surface area contributed by atoms with Gasteiger partial charge in [0.2, 0.25) is 0 Å². The van der Waals surface area contributed by atoms with Crippen molar-refractivity contribution in [2.24, 2.45) is 10.7 Å². The molecule has 0 unspecified atom stereocenters. The second-order valence-corrected chi connectivity index (χ2v) is 4.54. The highest BCUT2D eigenvalue weighted by Gasteiger charge is 2.12. The van der Waals surface area contributed by atoms with Crippen LogP contribution in [-0.4, -0.2) is 32.7 Å². The Hall–Kier alpha value is -2.50. The molecule has 0 radical (unpaired) electrons. The largest absolute Gasteiger partial charge is 0.496 e. The summed E-state index contributed by atoms with van der Waals surface area (Å²) in [5.41, 5.74) is 7.95. The molecule has 0 spiro atoms. The average molecular weight is 291 g/mol. The van der Waals surface area contributed by atoms with E-state index >= 15 is 0 Å². The molecule has 0 saturated heterocycles. The number of hydrogen-bond donors (Lipinski definition) is 2. The van der Waals surface area contributed by atoms with Crippen LogP contribution < -0.4 is 15.8 Å². The van der Waals surface area contributed by atoms with Gasteiger partial charge in [0.05, 0.1) is 20.8 Å². The Labute approximate surface area is 124 Å². The van der Waals surface area contributed by atoms with Crippen LogP contribution in [0.25, 0.3) is 0 Å². The monoisotopic (exact) mass is 291 g/mol. The quantitative estimate of drug-likeness (QED) is 0.359. The molecule has 3 N–H and O–H groups in total. The number of nitrogens with two attached hydrogens (primary N) is 1. The molecule has 0 amide bonds. The van der Waals surface area contributed by atoms with Crippen LogP contribution in [0.5, 0.6) is 5.75 Å². The van der Waals surface area contributed by atoms with Crippen LogP contribution in [0.15, 0.2) is 35.3 Å². The maximum Gasteiger partial charge on any atom is 0.341 e. The number of carbonyl (C=O) groups is 1. The van der Waals surface area contributed by atoms with E-state index in [0.29, 0.717) is 30.4 Å². The Kier molecular flexibility index (Phi) is 6.26. The van der Waals surface area contributed by atoms with E-state index in [0.717, 1.165) is 11.1 Å². The fourth-order valence-electron chi connectivity index (χ4n) is 1.59. The number of guanidine groups is 1. The normalized spacial score (nSPS) is 10.9. The maximum absolute atomic E-state index is 11.6. The molecule has 1 rings (SSSR count). The van der Waals surface area contributed by atoms with Gasteiger partial charge in [-0.3, -0.25) is 0 Å². The number of carbonyl (C=O) groups excluding carboxylic acids is 1. The van der Waals surface area contributed by atoms with Crippen molar-refractivity contribution in [1.82, 2.24) is 5.32 Å². The topological polar surface area (TPSA) is 85.9 Å². The van der Waals surface area contributed by atoms with Gasteiger partial charge in [-0.05, 0) is 24.6 Å². The van der Waals surface area contributed by atoms with Crippen LogP contribution in [0.4, 0.5) is 0 Å². The number of nitrogens with one attached hydrogen (secondary N) is 1. The minimum absolute atomic E-state index is 0.342. The zero-order chi connectivity index (χ0) is 15.8. The summed E-state index contributed by atoms with van der Waals surface area (Å²) < 4.78 is 9.87. The predicted molar refractivity (Wildman–Crippen MR) is 82.5 cm³/mol. The van der Waals surface area contributed by atoms with E-state index in [1.807, 2.05) is 6.92 Å². The molecular formula is C15H21N3O3. The van der Waals surface area contributed by atoms with Crippen molar-refractivity contribution in [1.29, 1.82) is 0 Å². The third-order valence-electron chi connectivity index (χ3n) is 2.67. The van der Waals surface area contributed by atoms with Crippen molar-refractivity contribution in [3.63, 3.8) is 0 Å². The van der Waals surface area contributed by atoms with Crippen LogP contribution >= 0.6 is 0 Å². The van der Waals surface area contributed by atoms with Gasteiger partial charge in [0.25, 0.3) is 0 Å². The Morgan fingerprint density at radius 1 is 1.43 bits per heavy atom. The Bertz CT molecular complexity index is 553. The number of ether oxygens (including phenoxy) is 2. The van der Waals surface area contributed by atoms with Gasteiger partial charge in [0, 0.05) is 6.54 Å². The van der Waals surface area contributed by atoms with E-state index < -0.39 is 5.97 Å². The molecule has 0 bridgehead atoms. The zero-order valence-corrected chi connectivity index (χ0v) is 12.6. The summed E-state index contributed by atoms with van der Waals surface area (Å²) in [6.07, 6.45) is 0. The van der Waals surface area contributed by atoms with E-state index in [1.54, 1.807) is 18.2 Å². The summed E-state index contributed by atoms with van der Waals surface area (Å²) in [7, 11) is 2.82. The number of aliphatic imine (C=N–C) groups is 1.